The highest BCUT2D eigenvalue weighted by Crippen LogP contribution is 2.35. The summed E-state index contributed by atoms with van der Waals surface area (Å²) in [5, 5.41) is 0. The lowest BCUT2D eigenvalue weighted by molar-refractivity contribution is 0.157. The van der Waals surface area contributed by atoms with Crippen molar-refractivity contribution in [1.29, 1.82) is 0 Å². The number of carbonyl (C=O) groups is 1. The molecule has 1 aliphatic heterocycles. The Morgan fingerprint density at radius 3 is 2.40 bits per heavy atom. The largest absolute Gasteiger partial charge is 0.448 e. The molecule has 1 fully saturated rings. The normalized spacial score (nSPS) is 16.0. The van der Waals surface area contributed by atoms with Crippen LogP contribution in [0.2, 0.25) is 18.1 Å². The molecule has 138 valence electrons. The van der Waals surface area contributed by atoms with E-state index in [-0.39, 0.29) is 12.2 Å². The van der Waals surface area contributed by atoms with Gasteiger partial charge in [-0.25, -0.2) is 4.79 Å². The van der Waals surface area contributed by atoms with E-state index >= 15 is 0 Å². The monoisotopic (exact) mass is 361 g/mol. The molecule has 2 rings (SSSR count). The quantitative estimate of drug-likeness (QED) is 0.427. The van der Waals surface area contributed by atoms with Gasteiger partial charge in [0.2, 0.25) is 0 Å². The second kappa shape index (κ2) is 9.20. The zero-order chi connectivity index (χ0) is 18.3. The van der Waals surface area contributed by atoms with Crippen LogP contribution in [-0.4, -0.2) is 39.0 Å². The van der Waals surface area contributed by atoms with E-state index in [1.54, 1.807) is 4.90 Å². The first kappa shape index (κ1) is 19.7. The standard InChI is InChI=1S/C20H31NO3Si/c1-5-25(6-2,7-3)24-19(18-11-9-8-10-12-18)17(4)13-14-21-15-16-23-20(21)22/h8-12,19H,4-7,13-16H2,1-3H3. The maximum Gasteiger partial charge on any atom is 0.409 e. The average molecular weight is 362 g/mol. The molecule has 5 heteroatoms. The fourth-order valence-electron chi connectivity index (χ4n) is 3.30. The van der Waals surface area contributed by atoms with Crippen molar-refractivity contribution in [3.8, 4) is 0 Å². The lowest BCUT2D eigenvalue weighted by atomic mass is 10.0. The summed E-state index contributed by atoms with van der Waals surface area (Å²) in [5.41, 5.74) is 2.20. The number of rotatable bonds is 10. The van der Waals surface area contributed by atoms with Gasteiger partial charge in [-0.3, -0.25) is 0 Å². The maximum absolute atomic E-state index is 11.6. The van der Waals surface area contributed by atoms with Crippen LogP contribution in [0.4, 0.5) is 4.79 Å². The number of benzene rings is 1. The molecule has 1 unspecified atom stereocenters. The molecule has 0 saturated carbocycles. The molecule has 1 aromatic rings. The number of nitrogens with zero attached hydrogens (tertiary/aromatic N) is 1. The van der Waals surface area contributed by atoms with Gasteiger partial charge in [-0.05, 0) is 35.7 Å². The van der Waals surface area contributed by atoms with Crippen molar-refractivity contribution in [2.75, 3.05) is 19.7 Å². The molecular formula is C20H31NO3Si. The Hall–Kier alpha value is -1.59. The van der Waals surface area contributed by atoms with Crippen molar-refractivity contribution in [2.24, 2.45) is 0 Å². The number of carbonyl (C=O) groups excluding carboxylic acids is 1. The fraction of sp³-hybridized carbons (Fsp3) is 0.550. The van der Waals surface area contributed by atoms with Crippen molar-refractivity contribution < 1.29 is 14.0 Å². The molecule has 1 amide bonds. The summed E-state index contributed by atoms with van der Waals surface area (Å²) in [7, 11) is -1.77. The molecule has 25 heavy (non-hydrogen) atoms. The van der Waals surface area contributed by atoms with Crippen LogP contribution in [-0.2, 0) is 9.16 Å². The lowest BCUT2D eigenvalue weighted by Gasteiger charge is -2.35. The Morgan fingerprint density at radius 2 is 1.88 bits per heavy atom. The Balaban J connectivity index is 2.13. The van der Waals surface area contributed by atoms with Crippen LogP contribution in [0.15, 0.2) is 42.5 Å². The number of ether oxygens (including phenoxy) is 1. The lowest BCUT2D eigenvalue weighted by Crippen LogP contribution is -2.38. The summed E-state index contributed by atoms with van der Waals surface area (Å²) in [5.74, 6) is 0. The number of amides is 1. The molecular weight excluding hydrogens is 330 g/mol. The Kier molecular flexibility index (Phi) is 7.26. The van der Waals surface area contributed by atoms with Gasteiger partial charge >= 0.3 is 6.09 Å². The van der Waals surface area contributed by atoms with E-state index in [1.807, 2.05) is 18.2 Å². The highest BCUT2D eigenvalue weighted by atomic mass is 28.4. The number of cyclic esters (lactones) is 1. The molecule has 0 bridgehead atoms. The summed E-state index contributed by atoms with van der Waals surface area (Å²) in [6, 6.07) is 13.7. The van der Waals surface area contributed by atoms with Crippen molar-refractivity contribution in [3.05, 3.63) is 48.0 Å². The summed E-state index contributed by atoms with van der Waals surface area (Å²) in [6.07, 6.45) is 0.423. The van der Waals surface area contributed by atoms with Crippen LogP contribution in [0.5, 0.6) is 0 Å². The molecule has 0 spiro atoms. The molecule has 1 aromatic carbocycles. The first-order valence-corrected chi connectivity index (χ1v) is 11.9. The molecule has 0 aromatic heterocycles. The first-order valence-electron chi connectivity index (χ1n) is 9.37. The molecule has 4 nitrogen and oxygen atoms in total. The van der Waals surface area contributed by atoms with Gasteiger partial charge in [-0.2, -0.15) is 0 Å². The third kappa shape index (κ3) is 4.95. The van der Waals surface area contributed by atoms with Crippen LogP contribution in [0, 0.1) is 0 Å². The van der Waals surface area contributed by atoms with E-state index in [2.05, 4.69) is 39.5 Å². The third-order valence-electron chi connectivity index (χ3n) is 5.32. The van der Waals surface area contributed by atoms with E-state index in [1.165, 1.54) is 0 Å². The Labute approximate surface area is 152 Å². The van der Waals surface area contributed by atoms with Gasteiger partial charge in [0.05, 0.1) is 12.6 Å². The predicted octanol–water partition coefficient (Wildman–Crippen LogP) is 5.15. The number of hydrogen-bond donors (Lipinski definition) is 0. The molecule has 0 N–H and O–H groups in total. The fourth-order valence-corrected chi connectivity index (χ4v) is 6.11. The summed E-state index contributed by atoms with van der Waals surface area (Å²) >= 11 is 0. The van der Waals surface area contributed by atoms with Crippen molar-refractivity contribution in [1.82, 2.24) is 4.90 Å². The molecule has 0 aliphatic carbocycles. The van der Waals surface area contributed by atoms with Crippen molar-refractivity contribution >= 4 is 14.4 Å². The minimum absolute atomic E-state index is 0.0914. The predicted molar refractivity (Wildman–Crippen MR) is 104 cm³/mol. The van der Waals surface area contributed by atoms with Crippen LogP contribution < -0.4 is 0 Å². The van der Waals surface area contributed by atoms with Gasteiger partial charge in [-0.1, -0.05) is 57.7 Å². The van der Waals surface area contributed by atoms with Gasteiger partial charge in [0, 0.05) is 6.54 Å². The summed E-state index contributed by atoms with van der Waals surface area (Å²) < 4.78 is 11.8. The van der Waals surface area contributed by atoms with Crippen LogP contribution in [0.3, 0.4) is 0 Å². The smallest absolute Gasteiger partial charge is 0.409 e. The molecule has 1 atom stereocenters. The topological polar surface area (TPSA) is 38.8 Å². The maximum atomic E-state index is 11.6. The van der Waals surface area contributed by atoms with E-state index in [0.717, 1.165) is 35.7 Å². The average Bonchev–Trinajstić information content (AvgIpc) is 3.07. The van der Waals surface area contributed by atoms with E-state index in [9.17, 15) is 4.79 Å². The first-order chi connectivity index (χ1) is 12.0. The highest BCUT2D eigenvalue weighted by Gasteiger charge is 2.33. The van der Waals surface area contributed by atoms with Crippen molar-refractivity contribution in [3.63, 3.8) is 0 Å². The van der Waals surface area contributed by atoms with Crippen molar-refractivity contribution in [2.45, 2.75) is 51.4 Å². The summed E-state index contributed by atoms with van der Waals surface area (Å²) in [6.45, 7) is 12.8. The highest BCUT2D eigenvalue weighted by molar-refractivity contribution is 6.73. The van der Waals surface area contributed by atoms with Crippen LogP contribution >= 0.6 is 0 Å². The second-order valence-corrected chi connectivity index (χ2v) is 11.4. The Bertz CT molecular complexity index is 563. The van der Waals surface area contributed by atoms with E-state index in [4.69, 9.17) is 9.16 Å². The SMILES string of the molecule is C=C(CCN1CCOC1=O)C(O[Si](CC)(CC)CC)c1ccccc1. The van der Waals surface area contributed by atoms with Gasteiger partial charge in [0.25, 0.3) is 0 Å². The number of hydrogen-bond acceptors (Lipinski definition) is 3. The minimum Gasteiger partial charge on any atom is -0.448 e. The second-order valence-electron chi connectivity index (χ2n) is 6.66. The van der Waals surface area contributed by atoms with E-state index in [0.29, 0.717) is 19.7 Å². The zero-order valence-corrected chi connectivity index (χ0v) is 16.8. The molecule has 1 aliphatic rings. The van der Waals surface area contributed by atoms with Gasteiger partial charge < -0.3 is 14.1 Å². The molecule has 0 radical (unpaired) electrons. The Morgan fingerprint density at radius 1 is 1.24 bits per heavy atom. The molecule has 1 saturated heterocycles. The van der Waals surface area contributed by atoms with E-state index < -0.39 is 8.32 Å². The summed E-state index contributed by atoms with van der Waals surface area (Å²) in [4.78, 5) is 13.4. The van der Waals surface area contributed by atoms with Gasteiger partial charge in [0.15, 0.2) is 8.32 Å². The zero-order valence-electron chi connectivity index (χ0n) is 15.8. The third-order valence-corrected chi connectivity index (χ3v) is 9.92. The van der Waals surface area contributed by atoms with Crippen LogP contribution in [0.25, 0.3) is 0 Å². The van der Waals surface area contributed by atoms with Gasteiger partial charge in [0.1, 0.15) is 6.61 Å². The van der Waals surface area contributed by atoms with Crippen LogP contribution in [0.1, 0.15) is 38.9 Å². The minimum atomic E-state index is -1.77. The van der Waals surface area contributed by atoms with Gasteiger partial charge in [-0.15, -0.1) is 0 Å². The molecule has 1 heterocycles.